The lowest BCUT2D eigenvalue weighted by Gasteiger charge is -1.95. The van der Waals surface area contributed by atoms with Crippen LogP contribution in [-0.4, -0.2) is 17.8 Å². The predicted octanol–water partition coefficient (Wildman–Crippen LogP) is 0.884. The van der Waals surface area contributed by atoms with Gasteiger partial charge >= 0.3 is 0 Å². The third-order valence-electron chi connectivity index (χ3n) is 1.25. The molecule has 0 fully saturated rings. The summed E-state index contributed by atoms with van der Waals surface area (Å²) in [6, 6.07) is 0. The smallest absolute Gasteiger partial charge is 0.104 e. The lowest BCUT2D eigenvalue weighted by molar-refractivity contribution is -0.434. The van der Waals surface area contributed by atoms with Crippen molar-refractivity contribution in [2.45, 2.75) is 13.3 Å². The number of allylic oxidation sites excluding steroid dienone is 2. The molecule has 0 radical (unpaired) electrons. The molecule has 0 spiro atoms. The molecule has 1 aliphatic rings. The molecular weight excluding hydrogens is 86.1 g/mol. The average molecular weight is 95.1 g/mol. The van der Waals surface area contributed by atoms with E-state index in [9.17, 15) is 0 Å². The second kappa shape index (κ2) is 1.49. The average Bonchev–Trinajstić information content (AvgIpc) is 1.91. The Kier molecular flexibility index (Phi) is 0.970. The van der Waals surface area contributed by atoms with Crippen molar-refractivity contribution < 1.29 is 4.58 Å². The van der Waals surface area contributed by atoms with Crippen LogP contribution in [0.15, 0.2) is 11.8 Å². The summed E-state index contributed by atoms with van der Waals surface area (Å²) in [6.45, 7) is 2.08. The van der Waals surface area contributed by atoms with Gasteiger partial charge < -0.3 is 4.58 Å². The van der Waals surface area contributed by atoms with Gasteiger partial charge in [0.2, 0.25) is 0 Å². The lowest BCUT2D eigenvalue weighted by Crippen LogP contribution is -1.96. The zero-order chi connectivity index (χ0) is 5.28. The number of nitrogens with zero attached hydrogens (tertiary/aromatic N) is 1. The maximum absolute atomic E-state index is 3.11. The molecule has 0 saturated carbocycles. The molecule has 1 heteroatoms. The van der Waals surface area contributed by atoms with Crippen LogP contribution in [0.1, 0.15) is 13.3 Å². The highest BCUT2D eigenvalue weighted by Gasteiger charge is 1.91. The van der Waals surface area contributed by atoms with Gasteiger partial charge in [0, 0.05) is 11.9 Å². The minimum atomic E-state index is 0.988. The Labute approximate surface area is 44.0 Å². The van der Waals surface area contributed by atoms with E-state index in [1.807, 2.05) is 11.6 Å². The monoisotopic (exact) mass is 95.1 g/mol. The van der Waals surface area contributed by atoms with Crippen molar-refractivity contribution in [3.05, 3.63) is 11.8 Å². The SMILES string of the molecule is CC1=CC[C-]=[N+]1C. The van der Waals surface area contributed by atoms with Crippen LogP contribution in [0.3, 0.4) is 0 Å². The summed E-state index contributed by atoms with van der Waals surface area (Å²) >= 11 is 0. The van der Waals surface area contributed by atoms with E-state index in [0.717, 1.165) is 6.42 Å². The summed E-state index contributed by atoms with van der Waals surface area (Å²) in [4.78, 5) is 0. The van der Waals surface area contributed by atoms with Gasteiger partial charge in [0.25, 0.3) is 0 Å². The molecule has 0 saturated heterocycles. The van der Waals surface area contributed by atoms with Gasteiger partial charge in [-0.15, -0.1) is 6.08 Å². The van der Waals surface area contributed by atoms with Crippen molar-refractivity contribution in [2.24, 2.45) is 0 Å². The number of hydrogen-bond donors (Lipinski definition) is 0. The Morgan fingerprint density at radius 3 is 2.71 bits per heavy atom. The Morgan fingerprint density at radius 2 is 2.57 bits per heavy atom. The van der Waals surface area contributed by atoms with E-state index < -0.39 is 0 Å². The summed E-state index contributed by atoms with van der Waals surface area (Å²) in [7, 11) is 2.01. The molecule has 1 aliphatic heterocycles. The van der Waals surface area contributed by atoms with Crippen molar-refractivity contribution in [2.75, 3.05) is 7.05 Å². The second-order valence-electron chi connectivity index (χ2n) is 1.77. The van der Waals surface area contributed by atoms with Crippen LogP contribution in [-0.2, 0) is 0 Å². The van der Waals surface area contributed by atoms with Crippen LogP contribution >= 0.6 is 0 Å². The summed E-state index contributed by atoms with van der Waals surface area (Å²) in [5.74, 6) is 0. The summed E-state index contributed by atoms with van der Waals surface area (Å²) in [5, 5.41) is 0. The van der Waals surface area contributed by atoms with E-state index in [1.165, 1.54) is 5.70 Å². The Balaban J connectivity index is 2.78. The highest BCUT2D eigenvalue weighted by Crippen LogP contribution is 1.99. The molecule has 0 aliphatic carbocycles. The molecule has 7 heavy (non-hydrogen) atoms. The van der Waals surface area contributed by atoms with Crippen LogP contribution in [0, 0.1) is 0 Å². The number of rotatable bonds is 0. The van der Waals surface area contributed by atoms with E-state index in [0.29, 0.717) is 0 Å². The van der Waals surface area contributed by atoms with Crippen LogP contribution in [0.5, 0.6) is 0 Å². The molecule has 0 bridgehead atoms. The third kappa shape index (κ3) is 0.710. The normalized spacial score (nSPS) is 19.1. The summed E-state index contributed by atoms with van der Waals surface area (Å²) in [5.41, 5.74) is 1.31. The first kappa shape index (κ1) is 4.57. The third-order valence-corrected chi connectivity index (χ3v) is 1.25. The van der Waals surface area contributed by atoms with Gasteiger partial charge in [0.05, 0.1) is 0 Å². The molecule has 0 unspecified atom stereocenters. The Morgan fingerprint density at radius 1 is 1.86 bits per heavy atom. The topological polar surface area (TPSA) is 3.01 Å². The summed E-state index contributed by atoms with van der Waals surface area (Å²) in [6.07, 6.45) is 6.25. The quantitative estimate of drug-likeness (QED) is 0.310. The lowest BCUT2D eigenvalue weighted by atomic mass is 10.4. The van der Waals surface area contributed by atoms with Crippen LogP contribution in [0.4, 0.5) is 0 Å². The number of hydrogen-bond acceptors (Lipinski definition) is 0. The highest BCUT2D eigenvalue weighted by atomic mass is 15.0. The zero-order valence-electron chi connectivity index (χ0n) is 4.73. The highest BCUT2D eigenvalue weighted by molar-refractivity contribution is 5.56. The molecule has 0 aromatic rings. The first-order chi connectivity index (χ1) is 3.30. The second-order valence-corrected chi connectivity index (χ2v) is 1.77. The largest absolute Gasteiger partial charge is 0.370 e. The van der Waals surface area contributed by atoms with Crippen molar-refractivity contribution >= 4 is 6.21 Å². The van der Waals surface area contributed by atoms with Gasteiger partial charge in [0.1, 0.15) is 7.05 Å². The standard InChI is InChI=1S/C6H9N/c1-6-4-3-5-7(6)2/h4H,3H2,1-2H3. The molecule has 0 aromatic heterocycles. The predicted molar refractivity (Wildman–Crippen MR) is 29.6 cm³/mol. The summed E-state index contributed by atoms with van der Waals surface area (Å²) < 4.78 is 2.01. The van der Waals surface area contributed by atoms with Gasteiger partial charge in [-0.1, -0.05) is 0 Å². The Bertz CT molecular complexity index is 115. The molecule has 0 N–H and O–H groups in total. The van der Waals surface area contributed by atoms with Crippen molar-refractivity contribution in [1.29, 1.82) is 0 Å². The fourth-order valence-electron chi connectivity index (χ4n) is 0.592. The van der Waals surface area contributed by atoms with Gasteiger partial charge in [-0.2, -0.15) is 0 Å². The van der Waals surface area contributed by atoms with E-state index in [1.54, 1.807) is 0 Å². The van der Waals surface area contributed by atoms with Crippen molar-refractivity contribution in [3.8, 4) is 0 Å². The Hall–Kier alpha value is -0.590. The van der Waals surface area contributed by atoms with E-state index in [-0.39, 0.29) is 0 Å². The van der Waals surface area contributed by atoms with Gasteiger partial charge in [-0.05, 0) is 13.3 Å². The molecule has 1 heterocycles. The molecule has 0 atom stereocenters. The van der Waals surface area contributed by atoms with Gasteiger partial charge in [-0.3, -0.25) is 0 Å². The molecule has 0 amide bonds. The van der Waals surface area contributed by atoms with E-state index in [2.05, 4.69) is 19.2 Å². The fraction of sp³-hybridized carbons (Fsp3) is 0.500. The fourth-order valence-corrected chi connectivity index (χ4v) is 0.592. The maximum Gasteiger partial charge on any atom is 0.104 e. The molecular formula is C6H9N. The minimum absolute atomic E-state index is 0.988. The van der Waals surface area contributed by atoms with Crippen LogP contribution in [0.25, 0.3) is 0 Å². The van der Waals surface area contributed by atoms with E-state index in [4.69, 9.17) is 0 Å². The van der Waals surface area contributed by atoms with Crippen LogP contribution in [0.2, 0.25) is 0 Å². The molecule has 38 valence electrons. The molecule has 0 aromatic carbocycles. The van der Waals surface area contributed by atoms with Crippen molar-refractivity contribution in [3.63, 3.8) is 0 Å². The first-order valence-electron chi connectivity index (χ1n) is 2.44. The first-order valence-corrected chi connectivity index (χ1v) is 2.44. The maximum atomic E-state index is 3.11. The van der Waals surface area contributed by atoms with Gasteiger partial charge in [-0.25, -0.2) is 0 Å². The minimum Gasteiger partial charge on any atom is -0.370 e. The van der Waals surface area contributed by atoms with Crippen molar-refractivity contribution in [1.82, 2.24) is 0 Å². The zero-order valence-corrected chi connectivity index (χ0v) is 4.73. The van der Waals surface area contributed by atoms with Gasteiger partial charge in [0.15, 0.2) is 0 Å². The molecule has 1 rings (SSSR count). The van der Waals surface area contributed by atoms with E-state index >= 15 is 0 Å². The molecule has 1 nitrogen and oxygen atoms in total. The van der Waals surface area contributed by atoms with Crippen LogP contribution < -0.4 is 0 Å².